The summed E-state index contributed by atoms with van der Waals surface area (Å²) in [6.45, 7) is 3.32. The summed E-state index contributed by atoms with van der Waals surface area (Å²) < 4.78 is 29.3. The summed E-state index contributed by atoms with van der Waals surface area (Å²) in [7, 11) is -2.32. The number of aromatic hydroxyl groups is 1. The van der Waals surface area contributed by atoms with Crippen molar-refractivity contribution >= 4 is 32.0 Å². The van der Waals surface area contributed by atoms with Crippen LogP contribution >= 0.6 is 0 Å². The van der Waals surface area contributed by atoms with E-state index in [9.17, 15) is 13.5 Å². The van der Waals surface area contributed by atoms with Gasteiger partial charge in [-0.2, -0.15) is 5.11 Å². The zero-order chi connectivity index (χ0) is 18.7. The van der Waals surface area contributed by atoms with Crippen LogP contribution in [0.1, 0.15) is 0 Å². The largest absolute Gasteiger partial charge is 0.506 e. The molecule has 0 aliphatic carbocycles. The van der Waals surface area contributed by atoms with Gasteiger partial charge in [0.15, 0.2) is 0 Å². The Kier molecular flexibility index (Phi) is 4.73. The van der Waals surface area contributed by atoms with E-state index in [1.54, 1.807) is 12.1 Å². The van der Waals surface area contributed by atoms with E-state index in [2.05, 4.69) is 16.8 Å². The zero-order valence-corrected chi connectivity index (χ0v) is 14.8. The monoisotopic (exact) mass is 368 g/mol. The molecule has 7 heteroatoms. The number of sulfone groups is 1. The molecule has 0 bridgehead atoms. The van der Waals surface area contributed by atoms with Crippen LogP contribution in [0.15, 0.2) is 81.7 Å². The van der Waals surface area contributed by atoms with Crippen molar-refractivity contribution in [3.05, 3.63) is 66.6 Å². The van der Waals surface area contributed by atoms with Gasteiger partial charge in [-0.25, -0.2) is 8.42 Å². The van der Waals surface area contributed by atoms with E-state index in [4.69, 9.17) is 4.74 Å². The smallest absolute Gasteiger partial charge is 0.202 e. The van der Waals surface area contributed by atoms with Crippen LogP contribution in [0.5, 0.6) is 11.5 Å². The summed E-state index contributed by atoms with van der Waals surface area (Å²) in [6.07, 6.45) is 0. The molecule has 0 aliphatic heterocycles. The second kappa shape index (κ2) is 6.97. The van der Waals surface area contributed by atoms with Gasteiger partial charge in [0.1, 0.15) is 22.1 Å². The Morgan fingerprint density at radius 3 is 2.58 bits per heavy atom. The highest BCUT2D eigenvalue weighted by atomic mass is 32.2. The van der Waals surface area contributed by atoms with Gasteiger partial charge in [0.05, 0.1) is 12.8 Å². The lowest BCUT2D eigenvalue weighted by Crippen LogP contribution is -1.99. The maximum atomic E-state index is 12.1. The van der Waals surface area contributed by atoms with Crippen molar-refractivity contribution in [3.63, 3.8) is 0 Å². The highest BCUT2D eigenvalue weighted by Crippen LogP contribution is 2.37. The van der Waals surface area contributed by atoms with E-state index in [1.807, 2.05) is 24.3 Å². The molecule has 0 spiro atoms. The first kappa shape index (κ1) is 17.6. The predicted octanol–water partition coefficient (Wildman–Crippen LogP) is 4.89. The van der Waals surface area contributed by atoms with Crippen LogP contribution in [0.25, 0.3) is 10.8 Å². The zero-order valence-electron chi connectivity index (χ0n) is 14.0. The van der Waals surface area contributed by atoms with Crippen molar-refractivity contribution in [2.45, 2.75) is 4.90 Å². The molecule has 6 nitrogen and oxygen atoms in total. The Morgan fingerprint density at radius 2 is 1.85 bits per heavy atom. The summed E-state index contributed by atoms with van der Waals surface area (Å²) in [6, 6.07) is 15.2. The molecule has 0 aliphatic rings. The van der Waals surface area contributed by atoms with Crippen molar-refractivity contribution in [3.8, 4) is 11.5 Å². The van der Waals surface area contributed by atoms with E-state index in [0.29, 0.717) is 11.4 Å². The van der Waals surface area contributed by atoms with Gasteiger partial charge in [0.25, 0.3) is 0 Å². The average Bonchev–Trinajstić information content (AvgIpc) is 2.67. The molecular weight excluding hydrogens is 352 g/mol. The minimum absolute atomic E-state index is 0.0140. The molecule has 3 rings (SSSR count). The third kappa shape index (κ3) is 3.29. The second-order valence-electron chi connectivity index (χ2n) is 5.40. The van der Waals surface area contributed by atoms with Gasteiger partial charge < -0.3 is 9.84 Å². The topological polar surface area (TPSA) is 88.3 Å². The van der Waals surface area contributed by atoms with Crippen LogP contribution in [0.3, 0.4) is 0 Å². The number of ether oxygens (including phenoxy) is 1. The van der Waals surface area contributed by atoms with Crippen molar-refractivity contribution in [2.75, 3.05) is 7.11 Å². The Balaban J connectivity index is 2.09. The molecule has 0 amide bonds. The van der Waals surface area contributed by atoms with Crippen LogP contribution in [0.4, 0.5) is 11.4 Å². The molecule has 0 atom stereocenters. The number of nitrogens with zero attached hydrogens (tertiary/aromatic N) is 2. The number of hydrogen-bond donors (Lipinski definition) is 1. The number of azo groups is 1. The maximum absolute atomic E-state index is 12.1. The highest BCUT2D eigenvalue weighted by molar-refractivity contribution is 7.94. The molecule has 1 N–H and O–H groups in total. The SMILES string of the molecule is C=CS(=O)(=O)c1cc(N=Nc2c(O)ccc3ccccc23)ccc1OC. The fourth-order valence-electron chi connectivity index (χ4n) is 2.50. The van der Waals surface area contributed by atoms with Crippen molar-refractivity contribution in [2.24, 2.45) is 10.2 Å². The summed E-state index contributed by atoms with van der Waals surface area (Å²) in [5, 5.41) is 20.8. The fraction of sp³-hybridized carbons (Fsp3) is 0.0526. The van der Waals surface area contributed by atoms with Gasteiger partial charge in [-0.3, -0.25) is 0 Å². The Hall–Kier alpha value is -3.19. The summed E-state index contributed by atoms with van der Waals surface area (Å²) in [5.74, 6) is 0.178. The third-order valence-electron chi connectivity index (χ3n) is 3.82. The first-order valence-electron chi connectivity index (χ1n) is 7.64. The predicted molar refractivity (Wildman–Crippen MR) is 100 cm³/mol. The summed E-state index contributed by atoms with van der Waals surface area (Å²) >= 11 is 0. The lowest BCUT2D eigenvalue weighted by molar-refractivity contribution is 0.403. The van der Waals surface area contributed by atoms with Crippen molar-refractivity contribution < 1.29 is 18.3 Å². The molecule has 0 unspecified atom stereocenters. The third-order valence-corrected chi connectivity index (χ3v) is 5.19. The molecule has 0 saturated heterocycles. The Bertz CT molecular complexity index is 1120. The lowest BCUT2D eigenvalue weighted by atomic mass is 10.1. The number of phenolic OH excluding ortho intramolecular Hbond substituents is 1. The quantitative estimate of drug-likeness (QED) is 0.650. The minimum Gasteiger partial charge on any atom is -0.506 e. The van der Waals surface area contributed by atoms with Gasteiger partial charge in [-0.15, -0.1) is 5.11 Å². The summed E-state index contributed by atoms with van der Waals surface area (Å²) in [4.78, 5) is -0.0476. The van der Waals surface area contributed by atoms with Gasteiger partial charge in [-0.1, -0.05) is 36.9 Å². The maximum Gasteiger partial charge on any atom is 0.202 e. The van der Waals surface area contributed by atoms with Crippen LogP contribution < -0.4 is 4.74 Å². The Labute approximate surface area is 151 Å². The van der Waals surface area contributed by atoms with Gasteiger partial charge in [0.2, 0.25) is 9.84 Å². The van der Waals surface area contributed by atoms with E-state index in [-0.39, 0.29) is 16.4 Å². The second-order valence-corrected chi connectivity index (χ2v) is 7.26. The standard InChI is InChI=1S/C19H16N2O4S/c1-3-26(23,24)18-12-14(9-11-17(18)25-2)20-21-19-15-7-5-4-6-13(15)8-10-16(19)22/h3-12,22H,1H2,2H3. The number of hydrogen-bond acceptors (Lipinski definition) is 6. The first-order valence-corrected chi connectivity index (χ1v) is 9.19. The fourth-order valence-corrected chi connectivity index (χ4v) is 3.39. The van der Waals surface area contributed by atoms with Gasteiger partial charge >= 0.3 is 0 Å². The van der Waals surface area contributed by atoms with Crippen LogP contribution in [0.2, 0.25) is 0 Å². The number of methoxy groups -OCH3 is 1. The molecule has 0 fully saturated rings. The first-order chi connectivity index (χ1) is 12.5. The molecule has 3 aromatic rings. The van der Waals surface area contributed by atoms with E-state index in [1.165, 1.54) is 25.3 Å². The number of rotatable bonds is 5. The molecule has 0 radical (unpaired) electrons. The molecule has 0 heterocycles. The average molecular weight is 368 g/mol. The molecular formula is C19H16N2O4S. The molecule has 0 aromatic heterocycles. The van der Waals surface area contributed by atoms with Gasteiger partial charge in [-0.05, 0) is 29.7 Å². The molecule has 26 heavy (non-hydrogen) atoms. The molecule has 132 valence electrons. The number of phenols is 1. The van der Waals surface area contributed by atoms with Crippen molar-refractivity contribution in [1.82, 2.24) is 0 Å². The molecule has 0 saturated carbocycles. The van der Waals surface area contributed by atoms with Crippen LogP contribution in [0, 0.1) is 0 Å². The van der Waals surface area contributed by atoms with E-state index < -0.39 is 9.84 Å². The minimum atomic E-state index is -3.70. The van der Waals surface area contributed by atoms with Crippen LogP contribution in [-0.2, 0) is 9.84 Å². The number of benzene rings is 3. The van der Waals surface area contributed by atoms with Gasteiger partial charge in [0, 0.05) is 10.8 Å². The van der Waals surface area contributed by atoms with E-state index in [0.717, 1.165) is 16.2 Å². The van der Waals surface area contributed by atoms with Crippen LogP contribution in [-0.4, -0.2) is 20.6 Å². The summed E-state index contributed by atoms with van der Waals surface area (Å²) in [5.41, 5.74) is 0.616. The normalized spacial score (nSPS) is 11.7. The Morgan fingerprint density at radius 1 is 1.08 bits per heavy atom. The lowest BCUT2D eigenvalue weighted by Gasteiger charge is -2.07. The van der Waals surface area contributed by atoms with E-state index >= 15 is 0 Å². The molecule has 3 aromatic carbocycles. The van der Waals surface area contributed by atoms with Crippen molar-refractivity contribution in [1.29, 1.82) is 0 Å². The highest BCUT2D eigenvalue weighted by Gasteiger charge is 2.17. The number of fused-ring (bicyclic) bond motifs is 1.